The molecule has 0 unspecified atom stereocenters. The van der Waals surface area contributed by atoms with Crippen LogP contribution in [-0.2, 0) is 23.8 Å². The molecular formula is C19H23N3O3. The molecule has 132 valence electrons. The van der Waals surface area contributed by atoms with E-state index in [1.165, 1.54) is 0 Å². The van der Waals surface area contributed by atoms with E-state index < -0.39 is 0 Å². The quantitative estimate of drug-likeness (QED) is 0.927. The van der Waals surface area contributed by atoms with Gasteiger partial charge >= 0.3 is 0 Å². The van der Waals surface area contributed by atoms with Gasteiger partial charge < -0.3 is 14.8 Å². The molecule has 0 bridgehead atoms. The molecule has 1 aliphatic carbocycles. The highest BCUT2D eigenvalue weighted by atomic mass is 16.6. The van der Waals surface area contributed by atoms with Crippen LogP contribution < -0.4 is 14.8 Å². The number of benzene rings is 1. The molecule has 1 saturated carbocycles. The Balaban J connectivity index is 1.56. The molecule has 1 amide bonds. The van der Waals surface area contributed by atoms with Crippen molar-refractivity contribution in [1.29, 1.82) is 0 Å². The normalized spacial score (nSPS) is 18.1. The third kappa shape index (κ3) is 3.21. The summed E-state index contributed by atoms with van der Waals surface area (Å²) in [5, 5.41) is 7.43. The minimum atomic E-state index is -0.310. The van der Waals surface area contributed by atoms with Gasteiger partial charge in [0.1, 0.15) is 13.2 Å². The van der Waals surface area contributed by atoms with Crippen molar-refractivity contribution in [1.82, 2.24) is 15.1 Å². The summed E-state index contributed by atoms with van der Waals surface area (Å²) >= 11 is 0. The molecule has 6 heteroatoms. The fourth-order valence-electron chi connectivity index (χ4n) is 3.87. The number of nitrogens with zero attached hydrogens (tertiary/aromatic N) is 2. The van der Waals surface area contributed by atoms with Crippen molar-refractivity contribution in [3.63, 3.8) is 0 Å². The van der Waals surface area contributed by atoms with Crippen LogP contribution in [0.1, 0.15) is 36.8 Å². The summed E-state index contributed by atoms with van der Waals surface area (Å²) in [6, 6.07) is 6.05. The van der Waals surface area contributed by atoms with Crippen molar-refractivity contribution >= 4 is 5.91 Å². The van der Waals surface area contributed by atoms with E-state index in [0.717, 1.165) is 48.3 Å². The number of carbonyl (C=O) groups is 1. The largest absolute Gasteiger partial charge is 0.486 e. The number of aryl methyl sites for hydroxylation is 1. The van der Waals surface area contributed by atoms with Crippen LogP contribution in [-0.4, -0.2) is 28.9 Å². The Morgan fingerprint density at radius 1 is 1.24 bits per heavy atom. The summed E-state index contributed by atoms with van der Waals surface area (Å²) in [4.78, 5) is 12.6. The summed E-state index contributed by atoms with van der Waals surface area (Å²) in [5.41, 5.74) is 1.72. The third-order valence-corrected chi connectivity index (χ3v) is 5.05. The molecule has 0 spiro atoms. The Morgan fingerprint density at radius 3 is 2.72 bits per heavy atom. The van der Waals surface area contributed by atoms with Crippen molar-refractivity contribution in [2.24, 2.45) is 7.05 Å². The second-order valence-corrected chi connectivity index (χ2v) is 6.89. The molecule has 1 N–H and O–H groups in total. The monoisotopic (exact) mass is 341 g/mol. The van der Waals surface area contributed by atoms with Gasteiger partial charge in [-0.25, -0.2) is 0 Å². The molecule has 1 aromatic heterocycles. The Hall–Kier alpha value is -2.50. The number of hydrogen-bond donors (Lipinski definition) is 1. The highest BCUT2D eigenvalue weighted by molar-refractivity contribution is 5.79. The molecule has 2 aliphatic rings. The number of aromatic nitrogens is 2. The predicted molar refractivity (Wildman–Crippen MR) is 92.6 cm³/mol. The molecule has 0 saturated heterocycles. The Labute approximate surface area is 147 Å². The summed E-state index contributed by atoms with van der Waals surface area (Å²) in [6.45, 7) is 1.15. The van der Waals surface area contributed by atoms with Gasteiger partial charge in [0.2, 0.25) is 5.91 Å². The first-order chi connectivity index (χ1) is 12.1. The molecular weight excluding hydrogens is 318 g/mol. The van der Waals surface area contributed by atoms with Gasteiger partial charge in [0.05, 0.1) is 18.2 Å². The maximum Gasteiger partial charge on any atom is 0.225 e. The molecule has 0 atom stereocenters. The van der Waals surface area contributed by atoms with Gasteiger partial charge in [-0.3, -0.25) is 9.48 Å². The Morgan fingerprint density at radius 2 is 2.00 bits per heavy atom. The first-order valence-electron chi connectivity index (χ1n) is 8.83. The lowest BCUT2D eigenvalue weighted by atomic mass is 9.87. The molecule has 6 nitrogen and oxygen atoms in total. The average Bonchev–Trinajstić information content (AvgIpc) is 3.24. The molecule has 1 aromatic carbocycles. The van der Waals surface area contributed by atoms with E-state index in [-0.39, 0.29) is 11.4 Å². The van der Waals surface area contributed by atoms with Crippen LogP contribution in [0.2, 0.25) is 0 Å². The van der Waals surface area contributed by atoms with Crippen LogP contribution in [0, 0.1) is 0 Å². The van der Waals surface area contributed by atoms with Gasteiger partial charge in [-0.2, -0.15) is 5.10 Å². The number of amides is 1. The van der Waals surface area contributed by atoms with E-state index in [1.54, 1.807) is 10.9 Å². The number of nitrogens with one attached hydrogen (secondary N) is 1. The van der Waals surface area contributed by atoms with Gasteiger partial charge in [0, 0.05) is 13.2 Å². The fraction of sp³-hybridized carbons (Fsp3) is 0.474. The zero-order valence-corrected chi connectivity index (χ0v) is 14.5. The third-order valence-electron chi connectivity index (χ3n) is 5.05. The van der Waals surface area contributed by atoms with Gasteiger partial charge in [0.25, 0.3) is 0 Å². The molecule has 1 aliphatic heterocycles. The lowest BCUT2D eigenvalue weighted by Crippen LogP contribution is -2.44. The van der Waals surface area contributed by atoms with Crippen LogP contribution >= 0.6 is 0 Å². The van der Waals surface area contributed by atoms with Crippen molar-refractivity contribution in [3.8, 4) is 11.5 Å². The minimum absolute atomic E-state index is 0.0322. The van der Waals surface area contributed by atoms with Crippen molar-refractivity contribution in [2.45, 2.75) is 37.6 Å². The van der Waals surface area contributed by atoms with Crippen LogP contribution in [0.4, 0.5) is 0 Å². The molecule has 25 heavy (non-hydrogen) atoms. The van der Waals surface area contributed by atoms with E-state index in [2.05, 4.69) is 16.5 Å². The van der Waals surface area contributed by atoms with Gasteiger partial charge in [-0.15, -0.1) is 0 Å². The molecule has 2 heterocycles. The van der Waals surface area contributed by atoms with E-state index in [9.17, 15) is 4.79 Å². The zero-order valence-electron chi connectivity index (χ0n) is 14.5. The molecule has 1 fully saturated rings. The van der Waals surface area contributed by atoms with Gasteiger partial charge in [-0.05, 0) is 36.1 Å². The van der Waals surface area contributed by atoms with Gasteiger partial charge in [-0.1, -0.05) is 18.9 Å². The first-order valence-corrected chi connectivity index (χ1v) is 8.83. The van der Waals surface area contributed by atoms with Crippen molar-refractivity contribution < 1.29 is 14.3 Å². The summed E-state index contributed by atoms with van der Waals surface area (Å²) < 4.78 is 13.1. The summed E-state index contributed by atoms with van der Waals surface area (Å²) in [6.07, 6.45) is 8.09. The standard InChI is InChI=1S/C19H23N3O3/c1-22-13-14(12-20-22)10-18(23)21-19(6-2-3-7-19)15-4-5-16-17(11-15)25-9-8-24-16/h4-5,11-13H,2-3,6-10H2,1H3,(H,21,23). The van der Waals surface area contributed by atoms with Crippen LogP contribution in [0.25, 0.3) is 0 Å². The Kier molecular flexibility index (Phi) is 4.11. The highest BCUT2D eigenvalue weighted by Crippen LogP contribution is 2.42. The second kappa shape index (κ2) is 6.43. The number of rotatable bonds is 4. The van der Waals surface area contributed by atoms with Crippen LogP contribution in [0.3, 0.4) is 0 Å². The minimum Gasteiger partial charge on any atom is -0.486 e. The number of fused-ring (bicyclic) bond motifs is 1. The maximum absolute atomic E-state index is 12.6. The zero-order chi connectivity index (χ0) is 17.3. The topological polar surface area (TPSA) is 65.4 Å². The molecule has 4 rings (SSSR count). The number of ether oxygens (including phenoxy) is 2. The average molecular weight is 341 g/mol. The van der Waals surface area contributed by atoms with Crippen LogP contribution in [0.15, 0.2) is 30.6 Å². The van der Waals surface area contributed by atoms with Crippen molar-refractivity contribution in [2.75, 3.05) is 13.2 Å². The van der Waals surface area contributed by atoms with Gasteiger partial charge in [0.15, 0.2) is 11.5 Å². The lowest BCUT2D eigenvalue weighted by molar-refractivity contribution is -0.122. The van der Waals surface area contributed by atoms with Crippen LogP contribution in [0.5, 0.6) is 11.5 Å². The van der Waals surface area contributed by atoms with Crippen molar-refractivity contribution in [3.05, 3.63) is 41.7 Å². The summed E-state index contributed by atoms with van der Waals surface area (Å²) in [7, 11) is 1.86. The van der Waals surface area contributed by atoms with E-state index in [4.69, 9.17) is 9.47 Å². The second-order valence-electron chi connectivity index (χ2n) is 6.89. The van der Waals surface area contributed by atoms with E-state index in [0.29, 0.717) is 19.6 Å². The SMILES string of the molecule is Cn1cc(CC(=O)NC2(c3ccc4c(c3)OCCO4)CCCC2)cn1. The predicted octanol–water partition coefficient (Wildman–Crippen LogP) is 2.32. The molecule has 0 radical (unpaired) electrons. The number of hydrogen-bond acceptors (Lipinski definition) is 4. The number of carbonyl (C=O) groups excluding carboxylic acids is 1. The lowest BCUT2D eigenvalue weighted by Gasteiger charge is -2.32. The first kappa shape index (κ1) is 16.0. The smallest absolute Gasteiger partial charge is 0.225 e. The Bertz CT molecular complexity index is 778. The molecule has 2 aromatic rings. The fourth-order valence-corrected chi connectivity index (χ4v) is 3.87. The summed E-state index contributed by atoms with van der Waals surface area (Å²) in [5.74, 6) is 1.59. The highest BCUT2D eigenvalue weighted by Gasteiger charge is 2.37. The maximum atomic E-state index is 12.6. The van der Waals surface area contributed by atoms with E-state index >= 15 is 0 Å². The van der Waals surface area contributed by atoms with E-state index in [1.807, 2.05) is 25.4 Å².